The maximum absolute atomic E-state index is 11.4. The molecule has 0 aromatic carbocycles. The van der Waals surface area contributed by atoms with Crippen LogP contribution in [0, 0.1) is 5.41 Å². The Morgan fingerprint density at radius 1 is 1.67 bits per heavy atom. The Labute approximate surface area is 113 Å². The van der Waals surface area contributed by atoms with Crippen LogP contribution < -0.4 is 21.9 Å². The van der Waals surface area contributed by atoms with Crippen LogP contribution >= 0.6 is 15.9 Å². The number of anilines is 2. The van der Waals surface area contributed by atoms with E-state index in [0.29, 0.717) is 24.7 Å². The van der Waals surface area contributed by atoms with Crippen molar-refractivity contribution in [1.29, 1.82) is 0 Å². The van der Waals surface area contributed by atoms with Crippen LogP contribution in [0.1, 0.15) is 13.3 Å². The quantitative estimate of drug-likeness (QED) is 0.544. The van der Waals surface area contributed by atoms with Gasteiger partial charge in [0.05, 0.1) is 9.89 Å². The molecule has 0 spiro atoms. The molecule has 1 unspecified atom stereocenters. The number of aromatic nitrogens is 2. The lowest BCUT2D eigenvalue weighted by Gasteiger charge is -2.22. The summed E-state index contributed by atoms with van der Waals surface area (Å²) < 4.78 is 0.759. The summed E-state index contributed by atoms with van der Waals surface area (Å²) in [6, 6.07) is 0. The van der Waals surface area contributed by atoms with Gasteiger partial charge in [-0.25, -0.2) is 10.8 Å². The molecule has 98 valence electrons. The topological polar surface area (TPSA) is 110 Å². The molecule has 8 heteroatoms. The van der Waals surface area contributed by atoms with Crippen molar-refractivity contribution < 1.29 is 4.79 Å². The summed E-state index contributed by atoms with van der Waals surface area (Å²) in [6.45, 7) is 3.13. The van der Waals surface area contributed by atoms with Gasteiger partial charge in [-0.05, 0) is 29.3 Å². The number of nitrogens with two attached hydrogens (primary N) is 2. The highest BCUT2D eigenvalue weighted by atomic mass is 79.9. The van der Waals surface area contributed by atoms with Gasteiger partial charge in [0, 0.05) is 19.3 Å². The molecule has 18 heavy (non-hydrogen) atoms. The zero-order valence-corrected chi connectivity index (χ0v) is 11.6. The van der Waals surface area contributed by atoms with Gasteiger partial charge in [-0.15, -0.1) is 0 Å². The Morgan fingerprint density at radius 3 is 2.94 bits per heavy atom. The Bertz CT molecular complexity index is 481. The Hall–Kier alpha value is -1.41. The van der Waals surface area contributed by atoms with Gasteiger partial charge in [-0.2, -0.15) is 4.98 Å². The Kier molecular flexibility index (Phi) is 3.40. The van der Waals surface area contributed by atoms with Crippen LogP contribution in [0.3, 0.4) is 0 Å². The SMILES string of the molecule is CC1(C(N)=O)CCN(c2nc(NN)ncc2Br)C1. The number of hydrogen-bond acceptors (Lipinski definition) is 6. The molecular formula is C10H15BrN6O. The molecule has 7 nitrogen and oxygen atoms in total. The third kappa shape index (κ3) is 2.25. The van der Waals surface area contributed by atoms with E-state index in [4.69, 9.17) is 11.6 Å². The number of rotatable bonds is 3. The monoisotopic (exact) mass is 314 g/mol. The molecule has 1 aliphatic heterocycles. The van der Waals surface area contributed by atoms with Crippen molar-refractivity contribution in [2.75, 3.05) is 23.4 Å². The van der Waals surface area contributed by atoms with E-state index in [-0.39, 0.29) is 5.91 Å². The molecule has 1 aromatic heterocycles. The number of amides is 1. The molecule has 1 fully saturated rings. The minimum Gasteiger partial charge on any atom is -0.369 e. The van der Waals surface area contributed by atoms with Gasteiger partial charge in [0.15, 0.2) is 0 Å². The first kappa shape index (κ1) is 13.0. The normalized spacial score (nSPS) is 23.2. The van der Waals surface area contributed by atoms with E-state index in [1.54, 1.807) is 6.20 Å². The molecule has 1 amide bonds. The van der Waals surface area contributed by atoms with Gasteiger partial charge in [0.1, 0.15) is 5.82 Å². The van der Waals surface area contributed by atoms with E-state index in [1.807, 2.05) is 11.8 Å². The van der Waals surface area contributed by atoms with Gasteiger partial charge < -0.3 is 10.6 Å². The molecule has 1 saturated heterocycles. The van der Waals surface area contributed by atoms with E-state index in [9.17, 15) is 4.79 Å². The number of nitrogen functional groups attached to an aromatic ring is 1. The van der Waals surface area contributed by atoms with Crippen LogP contribution in [-0.4, -0.2) is 29.0 Å². The molecule has 2 rings (SSSR count). The Morgan fingerprint density at radius 2 is 2.39 bits per heavy atom. The lowest BCUT2D eigenvalue weighted by Crippen LogP contribution is -2.37. The molecule has 0 bridgehead atoms. The largest absolute Gasteiger partial charge is 0.369 e. The highest BCUT2D eigenvalue weighted by molar-refractivity contribution is 9.10. The van der Waals surface area contributed by atoms with Crippen LogP contribution in [0.4, 0.5) is 11.8 Å². The fourth-order valence-electron chi connectivity index (χ4n) is 1.99. The molecule has 1 aliphatic rings. The van der Waals surface area contributed by atoms with Crippen molar-refractivity contribution in [3.63, 3.8) is 0 Å². The average Bonchev–Trinajstić information content (AvgIpc) is 2.74. The number of halogens is 1. The molecular weight excluding hydrogens is 300 g/mol. The molecule has 1 atom stereocenters. The first-order valence-electron chi connectivity index (χ1n) is 5.50. The third-order valence-electron chi connectivity index (χ3n) is 3.22. The molecule has 2 heterocycles. The van der Waals surface area contributed by atoms with E-state index in [1.165, 1.54) is 0 Å². The van der Waals surface area contributed by atoms with Crippen LogP contribution in [0.25, 0.3) is 0 Å². The smallest absolute Gasteiger partial charge is 0.239 e. The number of carbonyl (C=O) groups excluding carboxylic acids is 1. The fraction of sp³-hybridized carbons (Fsp3) is 0.500. The first-order chi connectivity index (χ1) is 8.46. The van der Waals surface area contributed by atoms with Crippen molar-refractivity contribution >= 4 is 33.6 Å². The highest BCUT2D eigenvalue weighted by Crippen LogP contribution is 2.35. The number of nitrogens with one attached hydrogen (secondary N) is 1. The van der Waals surface area contributed by atoms with Gasteiger partial charge in [0.25, 0.3) is 0 Å². The van der Waals surface area contributed by atoms with Crippen molar-refractivity contribution in [3.05, 3.63) is 10.7 Å². The van der Waals surface area contributed by atoms with Crippen molar-refractivity contribution in [3.8, 4) is 0 Å². The first-order valence-corrected chi connectivity index (χ1v) is 6.29. The predicted molar refractivity (Wildman–Crippen MR) is 71.7 cm³/mol. The second-order valence-corrected chi connectivity index (χ2v) is 5.46. The fourth-order valence-corrected chi connectivity index (χ4v) is 2.43. The maximum Gasteiger partial charge on any atom is 0.239 e. The maximum atomic E-state index is 11.4. The van der Waals surface area contributed by atoms with Crippen molar-refractivity contribution in [2.24, 2.45) is 17.0 Å². The summed E-state index contributed by atoms with van der Waals surface area (Å²) in [5, 5.41) is 0. The van der Waals surface area contributed by atoms with E-state index in [0.717, 1.165) is 11.0 Å². The van der Waals surface area contributed by atoms with Crippen molar-refractivity contribution in [1.82, 2.24) is 9.97 Å². The predicted octanol–water partition coefficient (Wildman–Crippen LogP) is 0.226. The van der Waals surface area contributed by atoms with Crippen LogP contribution in [-0.2, 0) is 4.79 Å². The minimum atomic E-state index is -0.513. The van der Waals surface area contributed by atoms with Gasteiger partial charge in [-0.1, -0.05) is 0 Å². The van der Waals surface area contributed by atoms with E-state index >= 15 is 0 Å². The van der Waals surface area contributed by atoms with Gasteiger partial charge >= 0.3 is 0 Å². The Balaban J connectivity index is 2.26. The van der Waals surface area contributed by atoms with Crippen LogP contribution in [0.15, 0.2) is 10.7 Å². The van der Waals surface area contributed by atoms with Gasteiger partial charge in [0.2, 0.25) is 11.9 Å². The lowest BCUT2D eigenvalue weighted by molar-refractivity contribution is -0.125. The van der Waals surface area contributed by atoms with Crippen molar-refractivity contribution in [2.45, 2.75) is 13.3 Å². The third-order valence-corrected chi connectivity index (χ3v) is 3.78. The summed E-state index contributed by atoms with van der Waals surface area (Å²) in [5.41, 5.74) is 7.31. The minimum absolute atomic E-state index is 0.285. The molecule has 0 radical (unpaired) electrons. The van der Waals surface area contributed by atoms with Crippen LogP contribution in [0.2, 0.25) is 0 Å². The molecule has 0 saturated carbocycles. The van der Waals surface area contributed by atoms with Gasteiger partial charge in [-0.3, -0.25) is 10.2 Å². The van der Waals surface area contributed by atoms with E-state index in [2.05, 4.69) is 31.3 Å². The summed E-state index contributed by atoms with van der Waals surface area (Å²) in [7, 11) is 0. The highest BCUT2D eigenvalue weighted by Gasteiger charge is 2.39. The zero-order chi connectivity index (χ0) is 13.3. The number of hydrazine groups is 1. The summed E-state index contributed by atoms with van der Waals surface area (Å²) in [4.78, 5) is 21.7. The van der Waals surface area contributed by atoms with E-state index < -0.39 is 5.41 Å². The zero-order valence-electron chi connectivity index (χ0n) is 9.98. The summed E-state index contributed by atoms with van der Waals surface area (Å²) >= 11 is 3.39. The molecule has 5 N–H and O–H groups in total. The second kappa shape index (κ2) is 4.69. The number of nitrogens with zero attached hydrogens (tertiary/aromatic N) is 3. The number of carbonyl (C=O) groups is 1. The average molecular weight is 315 g/mol. The summed E-state index contributed by atoms with van der Waals surface area (Å²) in [6.07, 6.45) is 2.33. The second-order valence-electron chi connectivity index (χ2n) is 4.61. The standard InChI is InChI=1S/C10H15BrN6O/c1-10(8(12)18)2-3-17(5-10)7-6(11)4-14-9(15-7)16-13/h4H,2-3,5,13H2,1H3,(H2,12,18)(H,14,15,16). The molecule has 0 aliphatic carbocycles. The molecule has 1 aromatic rings. The number of hydrogen-bond donors (Lipinski definition) is 3. The lowest BCUT2D eigenvalue weighted by atomic mass is 9.89. The summed E-state index contributed by atoms with van der Waals surface area (Å²) in [5.74, 6) is 6.05. The van der Waals surface area contributed by atoms with Crippen LogP contribution in [0.5, 0.6) is 0 Å². The number of primary amides is 1.